The fraction of sp³-hybridized carbons (Fsp3) is 1.00. The second-order valence-corrected chi connectivity index (χ2v) is 6.72. The van der Waals surface area contributed by atoms with Crippen molar-refractivity contribution >= 4 is 0 Å². The molecule has 2 aliphatic rings. The lowest BCUT2D eigenvalue weighted by Crippen LogP contribution is -2.50. The Morgan fingerprint density at radius 1 is 1.05 bits per heavy atom. The molecule has 0 aromatic rings. The third-order valence-corrected chi connectivity index (χ3v) is 4.87. The number of nitrogens with zero attached hydrogens (tertiary/aromatic N) is 1. The third-order valence-electron chi connectivity index (χ3n) is 4.87. The summed E-state index contributed by atoms with van der Waals surface area (Å²) in [6.07, 6.45) is 11.2. The highest BCUT2D eigenvalue weighted by atomic mass is 15.1. The van der Waals surface area contributed by atoms with Crippen molar-refractivity contribution < 1.29 is 0 Å². The van der Waals surface area contributed by atoms with Crippen molar-refractivity contribution in [2.24, 2.45) is 5.92 Å². The van der Waals surface area contributed by atoms with Crippen LogP contribution in [0, 0.1) is 5.92 Å². The number of hydrogen-bond acceptors (Lipinski definition) is 3. The Labute approximate surface area is 119 Å². The molecule has 0 spiro atoms. The molecule has 3 unspecified atom stereocenters. The molecule has 1 heterocycles. The molecule has 19 heavy (non-hydrogen) atoms. The first-order valence-electron chi connectivity index (χ1n) is 8.39. The highest BCUT2D eigenvalue weighted by Gasteiger charge is 2.31. The summed E-state index contributed by atoms with van der Waals surface area (Å²) in [5.41, 5.74) is 0. The maximum atomic E-state index is 3.86. The Balaban J connectivity index is 1.75. The van der Waals surface area contributed by atoms with Crippen LogP contribution in [-0.4, -0.2) is 50.7 Å². The molecule has 0 aromatic heterocycles. The van der Waals surface area contributed by atoms with E-state index in [9.17, 15) is 0 Å². The molecule has 0 amide bonds. The van der Waals surface area contributed by atoms with Crippen LogP contribution < -0.4 is 10.6 Å². The Hall–Kier alpha value is -0.120. The molecule has 112 valence electrons. The van der Waals surface area contributed by atoms with Crippen molar-refractivity contribution in [3.05, 3.63) is 0 Å². The van der Waals surface area contributed by atoms with Gasteiger partial charge in [-0.2, -0.15) is 0 Å². The minimum Gasteiger partial charge on any atom is -0.314 e. The van der Waals surface area contributed by atoms with E-state index in [1.54, 1.807) is 0 Å². The van der Waals surface area contributed by atoms with Crippen LogP contribution in [0.25, 0.3) is 0 Å². The molecule has 1 saturated carbocycles. The third kappa shape index (κ3) is 5.05. The molecule has 2 fully saturated rings. The van der Waals surface area contributed by atoms with Crippen LogP contribution in [-0.2, 0) is 0 Å². The Morgan fingerprint density at radius 3 is 2.58 bits per heavy atom. The van der Waals surface area contributed by atoms with Crippen LogP contribution in [0.2, 0.25) is 0 Å². The predicted molar refractivity (Wildman–Crippen MR) is 82.6 cm³/mol. The largest absolute Gasteiger partial charge is 0.314 e. The number of nitrogens with one attached hydrogen (secondary N) is 2. The first-order chi connectivity index (χ1) is 9.27. The fourth-order valence-electron chi connectivity index (χ4n) is 3.82. The molecular formula is C16H33N3. The predicted octanol–water partition coefficient (Wildman–Crippen LogP) is 2.23. The molecule has 1 saturated heterocycles. The van der Waals surface area contributed by atoms with Gasteiger partial charge in [0, 0.05) is 12.1 Å². The lowest BCUT2D eigenvalue weighted by atomic mass is 9.77. The number of rotatable bonds is 6. The number of hydrogen-bond donors (Lipinski definition) is 2. The minimum atomic E-state index is 0.770. The smallest absolute Gasteiger partial charge is 0.0110 e. The summed E-state index contributed by atoms with van der Waals surface area (Å²) >= 11 is 0. The monoisotopic (exact) mass is 267 g/mol. The molecule has 2 N–H and O–H groups in total. The van der Waals surface area contributed by atoms with E-state index in [4.69, 9.17) is 0 Å². The van der Waals surface area contributed by atoms with E-state index in [-0.39, 0.29) is 0 Å². The number of piperidine rings is 1. The van der Waals surface area contributed by atoms with Gasteiger partial charge in [0.15, 0.2) is 0 Å². The standard InChI is InChI=1S/C16H33N3/c1-19(2)13-7-12-18-15-9-4-3-8-14(15)16-10-5-6-11-17-16/h14-18H,3-13H2,1-2H3. The Bertz CT molecular complexity index is 236. The molecule has 0 aromatic carbocycles. The van der Waals surface area contributed by atoms with E-state index in [0.717, 1.165) is 18.0 Å². The van der Waals surface area contributed by atoms with Gasteiger partial charge < -0.3 is 15.5 Å². The maximum absolute atomic E-state index is 3.86. The summed E-state index contributed by atoms with van der Waals surface area (Å²) in [7, 11) is 4.32. The summed E-state index contributed by atoms with van der Waals surface area (Å²) in [4.78, 5) is 2.28. The van der Waals surface area contributed by atoms with Crippen molar-refractivity contribution in [2.75, 3.05) is 33.7 Å². The fourth-order valence-corrected chi connectivity index (χ4v) is 3.82. The van der Waals surface area contributed by atoms with Gasteiger partial charge in [-0.3, -0.25) is 0 Å². The molecule has 0 radical (unpaired) electrons. The second kappa shape index (κ2) is 8.23. The molecule has 3 atom stereocenters. The Kier molecular flexibility index (Phi) is 6.62. The first kappa shape index (κ1) is 15.3. The van der Waals surface area contributed by atoms with E-state index < -0.39 is 0 Å². The average Bonchev–Trinajstić information content (AvgIpc) is 2.45. The molecule has 0 bridgehead atoms. The highest BCUT2D eigenvalue weighted by Crippen LogP contribution is 2.30. The van der Waals surface area contributed by atoms with Gasteiger partial charge in [-0.15, -0.1) is 0 Å². The van der Waals surface area contributed by atoms with Crippen LogP contribution >= 0.6 is 0 Å². The molecule has 2 rings (SSSR count). The summed E-state index contributed by atoms with van der Waals surface area (Å²) in [6, 6.07) is 1.56. The van der Waals surface area contributed by atoms with E-state index in [2.05, 4.69) is 29.6 Å². The van der Waals surface area contributed by atoms with Gasteiger partial charge in [0.25, 0.3) is 0 Å². The summed E-state index contributed by atoms with van der Waals surface area (Å²) in [5, 5.41) is 7.64. The summed E-state index contributed by atoms with van der Waals surface area (Å²) in [6.45, 7) is 3.63. The average molecular weight is 267 g/mol. The van der Waals surface area contributed by atoms with Crippen molar-refractivity contribution in [2.45, 2.75) is 63.5 Å². The van der Waals surface area contributed by atoms with E-state index >= 15 is 0 Å². The highest BCUT2D eigenvalue weighted by molar-refractivity contribution is 4.90. The van der Waals surface area contributed by atoms with Crippen molar-refractivity contribution in [1.29, 1.82) is 0 Å². The molecule has 1 aliphatic heterocycles. The van der Waals surface area contributed by atoms with E-state index in [1.807, 2.05) is 0 Å². The maximum Gasteiger partial charge on any atom is 0.0110 e. The zero-order chi connectivity index (χ0) is 13.5. The molecular weight excluding hydrogens is 234 g/mol. The SMILES string of the molecule is CN(C)CCCNC1CCCCC1C1CCCCN1. The Morgan fingerprint density at radius 2 is 1.84 bits per heavy atom. The van der Waals surface area contributed by atoms with Crippen LogP contribution in [0.4, 0.5) is 0 Å². The van der Waals surface area contributed by atoms with Gasteiger partial charge >= 0.3 is 0 Å². The van der Waals surface area contributed by atoms with Crippen LogP contribution in [0.1, 0.15) is 51.4 Å². The molecule has 1 aliphatic carbocycles. The minimum absolute atomic E-state index is 0.770. The second-order valence-electron chi connectivity index (χ2n) is 6.72. The van der Waals surface area contributed by atoms with Crippen molar-refractivity contribution in [3.63, 3.8) is 0 Å². The van der Waals surface area contributed by atoms with Crippen molar-refractivity contribution in [3.8, 4) is 0 Å². The van der Waals surface area contributed by atoms with Gasteiger partial charge in [0.2, 0.25) is 0 Å². The van der Waals surface area contributed by atoms with Crippen LogP contribution in [0.15, 0.2) is 0 Å². The molecule has 3 heteroatoms. The lowest BCUT2D eigenvalue weighted by molar-refractivity contribution is 0.181. The summed E-state index contributed by atoms with van der Waals surface area (Å²) in [5.74, 6) is 0.883. The lowest BCUT2D eigenvalue weighted by Gasteiger charge is -2.40. The van der Waals surface area contributed by atoms with E-state index in [1.165, 1.54) is 71.0 Å². The topological polar surface area (TPSA) is 27.3 Å². The van der Waals surface area contributed by atoms with Gasteiger partial charge in [0.1, 0.15) is 0 Å². The first-order valence-corrected chi connectivity index (χ1v) is 8.39. The van der Waals surface area contributed by atoms with Gasteiger partial charge in [-0.25, -0.2) is 0 Å². The van der Waals surface area contributed by atoms with Gasteiger partial charge in [-0.1, -0.05) is 19.3 Å². The normalized spacial score (nSPS) is 32.7. The zero-order valence-corrected chi connectivity index (χ0v) is 13.0. The molecule has 3 nitrogen and oxygen atoms in total. The van der Waals surface area contributed by atoms with E-state index in [0.29, 0.717) is 0 Å². The van der Waals surface area contributed by atoms with Crippen molar-refractivity contribution in [1.82, 2.24) is 15.5 Å². The van der Waals surface area contributed by atoms with Crippen LogP contribution in [0.3, 0.4) is 0 Å². The van der Waals surface area contributed by atoms with Gasteiger partial charge in [-0.05, 0) is 71.8 Å². The van der Waals surface area contributed by atoms with Gasteiger partial charge in [0.05, 0.1) is 0 Å². The summed E-state index contributed by atoms with van der Waals surface area (Å²) < 4.78 is 0. The van der Waals surface area contributed by atoms with Crippen LogP contribution in [0.5, 0.6) is 0 Å². The quantitative estimate of drug-likeness (QED) is 0.723. The zero-order valence-electron chi connectivity index (χ0n) is 13.0.